The number of carboxylic acid groups (broad SMARTS) is 4. The molecule has 0 aromatic heterocycles. The van der Waals surface area contributed by atoms with E-state index in [4.69, 9.17) is 20.4 Å². The molecule has 0 aromatic rings. The number of aliphatic hydroxyl groups excluding tert-OH is 1. The van der Waals surface area contributed by atoms with Crippen molar-refractivity contribution >= 4 is 53.4 Å². The molecule has 0 aliphatic carbocycles. The van der Waals surface area contributed by atoms with Gasteiger partial charge in [-0.25, -0.2) is 4.79 Å². The zero-order valence-electron chi connectivity index (χ0n) is 9.59. The first-order chi connectivity index (χ1) is 8.66. The monoisotopic (exact) mass is 303 g/mol. The third-order valence-electron chi connectivity index (χ3n) is 2.15. The molecule has 0 heterocycles. The second kappa shape index (κ2) is 9.66. The average Bonchev–Trinajstić information content (AvgIpc) is 2.24. The fourth-order valence-corrected chi connectivity index (χ4v) is 1.36. The molecule has 10 nitrogen and oxygen atoms in total. The molecule has 0 aromatic carbocycles. The Labute approximate surface area is 134 Å². The summed E-state index contributed by atoms with van der Waals surface area (Å²) in [6.45, 7) is -1.43. The number of carboxylic acids is 4. The third kappa shape index (κ3) is 7.40. The van der Waals surface area contributed by atoms with Gasteiger partial charge in [0.1, 0.15) is 6.04 Å². The van der Waals surface area contributed by atoms with Gasteiger partial charge in [-0.15, -0.1) is 0 Å². The summed E-state index contributed by atoms with van der Waals surface area (Å²) in [5.74, 6) is -6.40. The summed E-state index contributed by atoms with van der Waals surface area (Å²) < 4.78 is 0. The third-order valence-corrected chi connectivity index (χ3v) is 2.15. The van der Waals surface area contributed by atoms with Crippen LogP contribution in [0.3, 0.4) is 0 Å². The van der Waals surface area contributed by atoms with Crippen LogP contribution in [0.25, 0.3) is 0 Å². The molecular weight excluding hydrogens is 289 g/mol. The second-order valence-corrected chi connectivity index (χ2v) is 3.57. The van der Waals surface area contributed by atoms with Gasteiger partial charge >= 0.3 is 53.4 Å². The topological polar surface area (TPSA) is 173 Å². The maximum atomic E-state index is 10.9. The van der Waals surface area contributed by atoms with Gasteiger partial charge in [-0.05, 0) is 0 Å². The molecule has 0 saturated carbocycles. The molecule has 0 radical (unpaired) electrons. The molecule has 0 aliphatic heterocycles. The van der Waals surface area contributed by atoms with E-state index in [0.717, 1.165) is 0 Å². The summed E-state index contributed by atoms with van der Waals surface area (Å²) in [6.07, 6.45) is -2.96. The van der Waals surface area contributed by atoms with E-state index >= 15 is 0 Å². The van der Waals surface area contributed by atoms with Crippen LogP contribution in [-0.4, -0.2) is 109 Å². The minimum absolute atomic E-state index is 0. The zero-order chi connectivity index (χ0) is 15.2. The number of aliphatic hydroxyl groups is 1. The number of hydrogen-bond donors (Lipinski definition) is 5. The number of aliphatic carboxylic acids is 4. The van der Waals surface area contributed by atoms with E-state index in [1.165, 1.54) is 0 Å². The van der Waals surface area contributed by atoms with Crippen molar-refractivity contribution in [2.24, 2.45) is 0 Å². The molecule has 0 rings (SSSR count). The first-order valence-corrected chi connectivity index (χ1v) is 4.98. The number of carbonyl (C=O) groups is 4. The summed E-state index contributed by atoms with van der Waals surface area (Å²) in [4.78, 5) is 43.0. The molecule has 0 spiro atoms. The van der Waals surface area contributed by atoms with Crippen molar-refractivity contribution in [3.63, 3.8) is 0 Å². The Hall–Kier alpha value is -1.20. The summed E-state index contributed by atoms with van der Waals surface area (Å²) >= 11 is 0. The standard InChI is InChI=1S/C9H13NO9.Na.H/c11-4(12)1-2-10(3-5(13)14)6(8(16)17)7(15)9(18)19;;/h6-7,15H,1-3H2,(H,11,12)(H,13,14)(H,16,17)(H,18,19);;. The van der Waals surface area contributed by atoms with Crippen molar-refractivity contribution in [1.29, 1.82) is 0 Å². The Balaban J connectivity index is 0. The quantitative estimate of drug-likeness (QED) is 0.278. The van der Waals surface area contributed by atoms with E-state index in [-0.39, 0.29) is 29.6 Å². The Morgan fingerprint density at radius 3 is 1.70 bits per heavy atom. The fourth-order valence-electron chi connectivity index (χ4n) is 1.36. The van der Waals surface area contributed by atoms with Gasteiger partial charge in [-0.2, -0.15) is 0 Å². The van der Waals surface area contributed by atoms with E-state index in [1.54, 1.807) is 0 Å². The van der Waals surface area contributed by atoms with Gasteiger partial charge in [0, 0.05) is 6.54 Å². The van der Waals surface area contributed by atoms with Crippen molar-refractivity contribution < 1.29 is 44.7 Å². The van der Waals surface area contributed by atoms with Crippen LogP contribution in [0.5, 0.6) is 0 Å². The molecule has 11 heteroatoms. The minimum atomic E-state index is -2.37. The van der Waals surface area contributed by atoms with Crippen molar-refractivity contribution in [1.82, 2.24) is 4.90 Å². The number of nitrogens with zero attached hydrogens (tertiary/aromatic N) is 1. The molecule has 0 saturated heterocycles. The van der Waals surface area contributed by atoms with Gasteiger partial charge in [0.2, 0.25) is 0 Å². The molecule has 0 fully saturated rings. The van der Waals surface area contributed by atoms with Crippen molar-refractivity contribution in [2.45, 2.75) is 18.6 Å². The van der Waals surface area contributed by atoms with Gasteiger partial charge in [-0.1, -0.05) is 0 Å². The van der Waals surface area contributed by atoms with Crippen molar-refractivity contribution in [3.8, 4) is 0 Å². The van der Waals surface area contributed by atoms with Gasteiger partial charge in [0.05, 0.1) is 13.0 Å². The van der Waals surface area contributed by atoms with Crippen LogP contribution in [0.4, 0.5) is 0 Å². The van der Waals surface area contributed by atoms with Crippen LogP contribution >= 0.6 is 0 Å². The molecule has 2 atom stereocenters. The van der Waals surface area contributed by atoms with Crippen LogP contribution in [0.15, 0.2) is 0 Å². The summed E-state index contributed by atoms with van der Waals surface area (Å²) in [5.41, 5.74) is 0. The molecule has 0 aliphatic rings. The average molecular weight is 303 g/mol. The van der Waals surface area contributed by atoms with Crippen molar-refractivity contribution in [2.75, 3.05) is 13.1 Å². The SMILES string of the molecule is O=C(O)CCN(CC(=O)O)C(C(=O)O)C(O)C(=O)O.[NaH]. The van der Waals surface area contributed by atoms with Gasteiger partial charge < -0.3 is 25.5 Å². The predicted molar refractivity (Wildman–Crippen MR) is 63.7 cm³/mol. The van der Waals surface area contributed by atoms with Crippen molar-refractivity contribution in [3.05, 3.63) is 0 Å². The number of rotatable bonds is 9. The fraction of sp³-hybridized carbons (Fsp3) is 0.556. The van der Waals surface area contributed by atoms with Crippen LogP contribution < -0.4 is 0 Å². The molecule has 5 N–H and O–H groups in total. The molecule has 0 amide bonds. The molecule has 0 bridgehead atoms. The second-order valence-electron chi connectivity index (χ2n) is 3.57. The summed E-state index contributed by atoms with van der Waals surface area (Å²) in [5, 5.41) is 43.7. The normalized spacial score (nSPS) is 13.1. The predicted octanol–water partition coefficient (Wildman–Crippen LogP) is -2.90. The van der Waals surface area contributed by atoms with Crippen LogP contribution in [0.1, 0.15) is 6.42 Å². The van der Waals surface area contributed by atoms with E-state index in [1.807, 2.05) is 0 Å². The van der Waals surface area contributed by atoms with E-state index in [0.29, 0.717) is 4.90 Å². The van der Waals surface area contributed by atoms with Crippen LogP contribution in [0, 0.1) is 0 Å². The van der Waals surface area contributed by atoms with E-state index < -0.39 is 55.5 Å². The summed E-state index contributed by atoms with van der Waals surface area (Å²) in [6, 6.07) is -2.05. The Kier molecular flexibility index (Phi) is 10.2. The Morgan fingerprint density at radius 1 is 0.900 bits per heavy atom. The first kappa shape index (κ1) is 21.1. The van der Waals surface area contributed by atoms with Crippen LogP contribution in [-0.2, 0) is 19.2 Å². The Morgan fingerprint density at radius 2 is 1.40 bits per heavy atom. The summed E-state index contributed by atoms with van der Waals surface area (Å²) in [7, 11) is 0. The van der Waals surface area contributed by atoms with E-state index in [9.17, 15) is 24.3 Å². The molecule has 20 heavy (non-hydrogen) atoms. The molecular formula is C9H14NNaO9. The number of hydrogen-bond acceptors (Lipinski definition) is 6. The molecule has 110 valence electrons. The Bertz CT molecular complexity index is 386. The maximum absolute atomic E-state index is 10.9. The van der Waals surface area contributed by atoms with Crippen LogP contribution in [0.2, 0.25) is 0 Å². The molecule has 2 unspecified atom stereocenters. The van der Waals surface area contributed by atoms with Gasteiger partial charge in [0.15, 0.2) is 6.10 Å². The zero-order valence-corrected chi connectivity index (χ0v) is 9.59. The van der Waals surface area contributed by atoms with Gasteiger partial charge in [-0.3, -0.25) is 19.3 Å². The van der Waals surface area contributed by atoms with Gasteiger partial charge in [0.25, 0.3) is 0 Å². The van der Waals surface area contributed by atoms with E-state index in [2.05, 4.69) is 0 Å². The first-order valence-electron chi connectivity index (χ1n) is 4.98.